The minimum Gasteiger partial charge on any atom is -0.493 e. The predicted octanol–water partition coefficient (Wildman–Crippen LogP) is 4.31. The SMILES string of the molecule is C/C=C/C=C/C(=O)N1CCc2cc(OC)c(OC)cc2C1c1ccccc1. The Morgan fingerprint density at radius 2 is 1.78 bits per heavy atom. The quantitative estimate of drug-likeness (QED) is 0.587. The number of benzene rings is 2. The lowest BCUT2D eigenvalue weighted by Gasteiger charge is -2.37. The Kier molecular flexibility index (Phi) is 5.97. The summed E-state index contributed by atoms with van der Waals surface area (Å²) in [5.74, 6) is 1.40. The van der Waals surface area contributed by atoms with E-state index in [0.717, 1.165) is 23.3 Å². The number of carbonyl (C=O) groups excluding carboxylic acids is 1. The molecule has 1 aliphatic heterocycles. The number of ether oxygens (including phenoxy) is 2. The van der Waals surface area contributed by atoms with Gasteiger partial charge in [0.15, 0.2) is 11.5 Å². The molecule has 4 nitrogen and oxygen atoms in total. The molecule has 1 aliphatic rings. The fourth-order valence-corrected chi connectivity index (χ4v) is 3.52. The van der Waals surface area contributed by atoms with Crippen LogP contribution in [0.2, 0.25) is 0 Å². The Hall–Kier alpha value is -3.01. The van der Waals surface area contributed by atoms with E-state index in [1.54, 1.807) is 26.4 Å². The second kappa shape index (κ2) is 8.58. The van der Waals surface area contributed by atoms with Crippen molar-refractivity contribution in [1.82, 2.24) is 4.90 Å². The first-order chi connectivity index (χ1) is 13.2. The monoisotopic (exact) mass is 363 g/mol. The van der Waals surface area contributed by atoms with Crippen LogP contribution >= 0.6 is 0 Å². The molecule has 0 saturated heterocycles. The molecule has 0 bridgehead atoms. The minimum absolute atomic E-state index is 0.00221. The molecule has 0 radical (unpaired) electrons. The van der Waals surface area contributed by atoms with Crippen LogP contribution < -0.4 is 9.47 Å². The highest BCUT2D eigenvalue weighted by molar-refractivity contribution is 5.89. The summed E-state index contributed by atoms with van der Waals surface area (Å²) in [6.45, 7) is 2.58. The summed E-state index contributed by atoms with van der Waals surface area (Å²) in [4.78, 5) is 14.8. The summed E-state index contributed by atoms with van der Waals surface area (Å²) in [5, 5.41) is 0. The largest absolute Gasteiger partial charge is 0.493 e. The number of rotatable bonds is 5. The molecule has 0 saturated carbocycles. The maximum atomic E-state index is 12.9. The van der Waals surface area contributed by atoms with Gasteiger partial charge in [-0.15, -0.1) is 0 Å². The van der Waals surface area contributed by atoms with Gasteiger partial charge in [0.25, 0.3) is 0 Å². The first-order valence-corrected chi connectivity index (χ1v) is 9.09. The van der Waals surface area contributed by atoms with Gasteiger partial charge in [0, 0.05) is 12.6 Å². The third-order valence-electron chi connectivity index (χ3n) is 4.81. The highest BCUT2D eigenvalue weighted by Gasteiger charge is 2.32. The van der Waals surface area contributed by atoms with E-state index in [-0.39, 0.29) is 11.9 Å². The lowest BCUT2D eigenvalue weighted by Crippen LogP contribution is -2.39. The van der Waals surface area contributed by atoms with Gasteiger partial charge in [-0.25, -0.2) is 0 Å². The number of allylic oxidation sites excluding steroid dienone is 3. The third-order valence-corrected chi connectivity index (χ3v) is 4.81. The van der Waals surface area contributed by atoms with Crippen molar-refractivity contribution >= 4 is 5.91 Å². The van der Waals surface area contributed by atoms with Crippen molar-refractivity contribution in [3.05, 3.63) is 83.5 Å². The fraction of sp³-hybridized carbons (Fsp3) is 0.261. The van der Waals surface area contributed by atoms with Crippen molar-refractivity contribution in [3.8, 4) is 11.5 Å². The van der Waals surface area contributed by atoms with E-state index in [4.69, 9.17) is 9.47 Å². The predicted molar refractivity (Wildman–Crippen MR) is 107 cm³/mol. The first kappa shape index (κ1) is 18.8. The molecule has 140 valence electrons. The van der Waals surface area contributed by atoms with Crippen LogP contribution in [0, 0.1) is 0 Å². The van der Waals surface area contributed by atoms with Gasteiger partial charge in [0.1, 0.15) is 0 Å². The molecule has 2 aromatic carbocycles. The van der Waals surface area contributed by atoms with Crippen molar-refractivity contribution in [3.63, 3.8) is 0 Å². The average molecular weight is 363 g/mol. The summed E-state index contributed by atoms with van der Waals surface area (Å²) >= 11 is 0. The van der Waals surface area contributed by atoms with Gasteiger partial charge < -0.3 is 14.4 Å². The van der Waals surface area contributed by atoms with Gasteiger partial charge in [0.2, 0.25) is 5.91 Å². The van der Waals surface area contributed by atoms with Crippen molar-refractivity contribution in [1.29, 1.82) is 0 Å². The molecule has 1 atom stereocenters. The number of carbonyl (C=O) groups is 1. The zero-order valence-electron chi connectivity index (χ0n) is 16.0. The molecule has 27 heavy (non-hydrogen) atoms. The summed E-state index contributed by atoms with van der Waals surface area (Å²) in [6, 6.07) is 14.0. The molecule has 3 rings (SSSR count). The summed E-state index contributed by atoms with van der Waals surface area (Å²) in [6.07, 6.45) is 7.96. The molecule has 0 N–H and O–H groups in total. The van der Waals surface area contributed by atoms with Crippen LogP contribution in [0.15, 0.2) is 66.8 Å². The number of amides is 1. The maximum Gasteiger partial charge on any atom is 0.247 e. The van der Waals surface area contributed by atoms with Gasteiger partial charge >= 0.3 is 0 Å². The molecule has 0 spiro atoms. The molecule has 0 aliphatic carbocycles. The number of methoxy groups -OCH3 is 2. The summed E-state index contributed by atoms with van der Waals surface area (Å²) in [5.41, 5.74) is 3.35. The van der Waals surface area contributed by atoms with Crippen LogP contribution in [0.3, 0.4) is 0 Å². The number of hydrogen-bond donors (Lipinski definition) is 0. The first-order valence-electron chi connectivity index (χ1n) is 9.09. The standard InChI is InChI=1S/C23H25NO3/c1-4-5-7-12-22(25)24-14-13-18-15-20(26-2)21(27-3)16-19(18)23(24)17-10-8-6-9-11-17/h4-12,15-16,23H,13-14H2,1-3H3/b5-4+,12-7+. The van der Waals surface area contributed by atoms with Gasteiger partial charge in [-0.05, 0) is 42.2 Å². The average Bonchev–Trinajstić information content (AvgIpc) is 2.72. The Morgan fingerprint density at radius 1 is 1.07 bits per heavy atom. The Morgan fingerprint density at radius 3 is 2.44 bits per heavy atom. The number of nitrogens with zero attached hydrogens (tertiary/aromatic N) is 1. The van der Waals surface area contributed by atoms with Crippen LogP contribution in [0.4, 0.5) is 0 Å². The zero-order chi connectivity index (χ0) is 19.2. The Balaban J connectivity index is 2.09. The normalized spacial score (nSPS) is 16.6. The maximum absolute atomic E-state index is 12.9. The molecular formula is C23H25NO3. The van der Waals surface area contributed by atoms with Crippen LogP contribution in [0.25, 0.3) is 0 Å². The smallest absolute Gasteiger partial charge is 0.247 e. The van der Waals surface area contributed by atoms with Crippen molar-refractivity contribution in [2.75, 3.05) is 20.8 Å². The lowest BCUT2D eigenvalue weighted by molar-refractivity contribution is -0.128. The zero-order valence-corrected chi connectivity index (χ0v) is 16.0. The summed E-state index contributed by atoms with van der Waals surface area (Å²) in [7, 11) is 3.27. The Labute approximate surface area is 160 Å². The second-order valence-corrected chi connectivity index (χ2v) is 6.39. The van der Waals surface area contributed by atoms with Crippen molar-refractivity contribution in [2.24, 2.45) is 0 Å². The van der Waals surface area contributed by atoms with Crippen LogP contribution in [0.1, 0.15) is 29.7 Å². The Bertz CT molecular complexity index is 855. The summed E-state index contributed by atoms with van der Waals surface area (Å²) < 4.78 is 11.0. The topological polar surface area (TPSA) is 38.8 Å². The van der Waals surface area contributed by atoms with Crippen molar-refractivity contribution in [2.45, 2.75) is 19.4 Å². The van der Waals surface area contributed by atoms with Crippen LogP contribution in [-0.4, -0.2) is 31.6 Å². The van der Waals surface area contributed by atoms with E-state index in [1.165, 1.54) is 5.56 Å². The second-order valence-electron chi connectivity index (χ2n) is 6.39. The molecule has 0 aromatic heterocycles. The molecule has 1 amide bonds. The fourth-order valence-electron chi connectivity index (χ4n) is 3.52. The number of fused-ring (bicyclic) bond motifs is 1. The van der Waals surface area contributed by atoms with E-state index < -0.39 is 0 Å². The minimum atomic E-state index is -0.155. The molecule has 0 fully saturated rings. The van der Waals surface area contributed by atoms with Gasteiger partial charge in [-0.2, -0.15) is 0 Å². The third kappa shape index (κ3) is 3.90. The molecule has 1 unspecified atom stereocenters. The van der Waals surface area contributed by atoms with E-state index in [2.05, 4.69) is 12.1 Å². The molecular weight excluding hydrogens is 338 g/mol. The van der Waals surface area contributed by atoms with Crippen LogP contribution in [-0.2, 0) is 11.2 Å². The molecule has 2 aromatic rings. The van der Waals surface area contributed by atoms with E-state index in [1.807, 2.05) is 54.3 Å². The molecule has 4 heteroatoms. The van der Waals surface area contributed by atoms with E-state index >= 15 is 0 Å². The highest BCUT2D eigenvalue weighted by atomic mass is 16.5. The van der Waals surface area contributed by atoms with Crippen LogP contribution in [0.5, 0.6) is 11.5 Å². The molecule has 1 heterocycles. The van der Waals surface area contributed by atoms with Gasteiger partial charge in [0.05, 0.1) is 20.3 Å². The lowest BCUT2D eigenvalue weighted by atomic mass is 9.87. The van der Waals surface area contributed by atoms with Gasteiger partial charge in [-0.3, -0.25) is 4.79 Å². The highest BCUT2D eigenvalue weighted by Crippen LogP contribution is 2.41. The van der Waals surface area contributed by atoms with Gasteiger partial charge in [-0.1, -0.05) is 48.6 Å². The number of hydrogen-bond acceptors (Lipinski definition) is 3. The van der Waals surface area contributed by atoms with E-state index in [0.29, 0.717) is 12.3 Å². The van der Waals surface area contributed by atoms with E-state index in [9.17, 15) is 4.79 Å². The van der Waals surface area contributed by atoms with Crippen molar-refractivity contribution < 1.29 is 14.3 Å².